The molecule has 1 aromatic carbocycles. The summed E-state index contributed by atoms with van der Waals surface area (Å²) in [5, 5.41) is 4.67. The van der Waals surface area contributed by atoms with Crippen molar-refractivity contribution in [2.45, 2.75) is 38.6 Å². The van der Waals surface area contributed by atoms with Crippen molar-refractivity contribution in [2.24, 2.45) is 0 Å². The Bertz CT molecular complexity index is 546. The van der Waals surface area contributed by atoms with Gasteiger partial charge in [0.05, 0.1) is 9.71 Å². The summed E-state index contributed by atoms with van der Waals surface area (Å²) in [6, 6.07) is 6.73. The van der Waals surface area contributed by atoms with Gasteiger partial charge in [-0.25, -0.2) is 4.98 Å². The number of thiazole rings is 1. The van der Waals surface area contributed by atoms with Crippen LogP contribution in [0.1, 0.15) is 31.2 Å². The van der Waals surface area contributed by atoms with Crippen molar-refractivity contribution < 1.29 is 4.74 Å². The molecule has 1 atom stereocenters. The van der Waals surface area contributed by atoms with Gasteiger partial charge < -0.3 is 10.1 Å². The lowest BCUT2D eigenvalue weighted by molar-refractivity contribution is 0.280. The van der Waals surface area contributed by atoms with E-state index < -0.39 is 0 Å². The molecule has 1 aliphatic heterocycles. The van der Waals surface area contributed by atoms with Crippen LogP contribution in [0.2, 0.25) is 0 Å². The number of rotatable bonds is 5. The topological polar surface area (TPSA) is 34.1 Å². The monoisotopic (exact) mass is 276 g/mol. The van der Waals surface area contributed by atoms with Gasteiger partial charge in [-0.2, -0.15) is 0 Å². The predicted molar refractivity (Wildman–Crippen MR) is 80.1 cm³/mol. The van der Waals surface area contributed by atoms with Gasteiger partial charge in [0.15, 0.2) is 0 Å². The van der Waals surface area contributed by atoms with Crippen molar-refractivity contribution in [2.75, 3.05) is 13.2 Å². The van der Waals surface area contributed by atoms with Crippen LogP contribution in [0, 0.1) is 0 Å². The number of hydrogen-bond donors (Lipinski definition) is 1. The maximum atomic E-state index is 5.98. The fraction of sp³-hybridized carbons (Fsp3) is 0.533. The SMILES string of the molecule is CCCc1nc2c(OCC3CCCN3)cccc2s1. The highest BCUT2D eigenvalue weighted by Gasteiger charge is 2.15. The van der Waals surface area contributed by atoms with E-state index in [0.29, 0.717) is 6.04 Å². The fourth-order valence-corrected chi connectivity index (χ4v) is 3.58. The quantitative estimate of drug-likeness (QED) is 0.909. The molecule has 0 bridgehead atoms. The highest BCUT2D eigenvalue weighted by Crippen LogP contribution is 2.30. The molecule has 0 radical (unpaired) electrons. The molecule has 0 amide bonds. The number of nitrogens with one attached hydrogen (secondary N) is 1. The molecule has 0 spiro atoms. The Hall–Kier alpha value is -1.13. The molecular weight excluding hydrogens is 256 g/mol. The van der Waals surface area contributed by atoms with Gasteiger partial charge in [0.25, 0.3) is 0 Å². The van der Waals surface area contributed by atoms with E-state index in [1.165, 1.54) is 22.5 Å². The third kappa shape index (κ3) is 2.90. The lowest BCUT2D eigenvalue weighted by Crippen LogP contribution is -2.28. The van der Waals surface area contributed by atoms with Crippen molar-refractivity contribution in [1.82, 2.24) is 10.3 Å². The van der Waals surface area contributed by atoms with Crippen molar-refractivity contribution in [3.8, 4) is 5.75 Å². The zero-order valence-electron chi connectivity index (χ0n) is 11.3. The second-order valence-corrected chi connectivity index (χ2v) is 6.18. The van der Waals surface area contributed by atoms with Gasteiger partial charge in [0.1, 0.15) is 17.9 Å². The Kier molecular flexibility index (Phi) is 3.99. The van der Waals surface area contributed by atoms with Gasteiger partial charge in [0, 0.05) is 6.04 Å². The largest absolute Gasteiger partial charge is 0.490 e. The van der Waals surface area contributed by atoms with Crippen LogP contribution < -0.4 is 10.1 Å². The summed E-state index contributed by atoms with van der Waals surface area (Å²) in [5.41, 5.74) is 1.04. The second kappa shape index (κ2) is 5.88. The van der Waals surface area contributed by atoms with Crippen LogP contribution in [0.4, 0.5) is 0 Å². The number of benzene rings is 1. The summed E-state index contributed by atoms with van der Waals surface area (Å²) in [5.74, 6) is 0.935. The molecule has 1 saturated heterocycles. The van der Waals surface area contributed by atoms with Gasteiger partial charge in [-0.3, -0.25) is 0 Å². The maximum absolute atomic E-state index is 5.98. The van der Waals surface area contributed by atoms with Gasteiger partial charge in [0.2, 0.25) is 0 Å². The lowest BCUT2D eigenvalue weighted by atomic mass is 10.2. The van der Waals surface area contributed by atoms with E-state index in [1.54, 1.807) is 11.3 Å². The van der Waals surface area contributed by atoms with E-state index in [4.69, 9.17) is 9.72 Å². The standard InChI is InChI=1S/C15H20N2OS/c1-2-5-14-17-15-12(7-3-8-13(15)19-14)18-10-11-6-4-9-16-11/h3,7-8,11,16H,2,4-6,9-10H2,1H3. The van der Waals surface area contributed by atoms with E-state index in [9.17, 15) is 0 Å². The van der Waals surface area contributed by atoms with Crippen molar-refractivity contribution in [3.63, 3.8) is 0 Å². The summed E-state index contributed by atoms with van der Waals surface area (Å²) in [6.45, 7) is 4.06. The molecule has 102 valence electrons. The zero-order chi connectivity index (χ0) is 13.1. The summed E-state index contributed by atoms with van der Waals surface area (Å²) < 4.78 is 7.21. The minimum Gasteiger partial charge on any atom is -0.490 e. The van der Waals surface area contributed by atoms with Crippen LogP contribution in [0.15, 0.2) is 18.2 Å². The van der Waals surface area contributed by atoms with E-state index in [1.807, 2.05) is 6.07 Å². The summed E-state index contributed by atoms with van der Waals surface area (Å²) in [7, 11) is 0. The fourth-order valence-electron chi connectivity index (χ4n) is 2.50. The van der Waals surface area contributed by atoms with Crippen LogP contribution in [-0.2, 0) is 6.42 Å². The van der Waals surface area contributed by atoms with Gasteiger partial charge >= 0.3 is 0 Å². The smallest absolute Gasteiger partial charge is 0.146 e. The first-order chi connectivity index (χ1) is 9.36. The van der Waals surface area contributed by atoms with Crippen LogP contribution in [0.3, 0.4) is 0 Å². The van der Waals surface area contributed by atoms with E-state index in [-0.39, 0.29) is 0 Å². The molecule has 1 unspecified atom stereocenters. The minimum absolute atomic E-state index is 0.504. The maximum Gasteiger partial charge on any atom is 0.146 e. The Labute approximate surface area is 118 Å². The first-order valence-corrected chi connectivity index (χ1v) is 7.93. The van der Waals surface area contributed by atoms with Crippen molar-refractivity contribution in [1.29, 1.82) is 0 Å². The highest BCUT2D eigenvalue weighted by atomic mass is 32.1. The molecule has 3 rings (SSSR count). The molecule has 1 N–H and O–H groups in total. The van der Waals surface area contributed by atoms with E-state index in [2.05, 4.69) is 24.4 Å². The Balaban J connectivity index is 1.77. The van der Waals surface area contributed by atoms with Crippen LogP contribution in [-0.4, -0.2) is 24.2 Å². The number of fused-ring (bicyclic) bond motifs is 1. The zero-order valence-corrected chi connectivity index (χ0v) is 12.1. The minimum atomic E-state index is 0.504. The number of ether oxygens (including phenoxy) is 1. The van der Waals surface area contributed by atoms with Crippen molar-refractivity contribution >= 4 is 21.6 Å². The molecule has 4 heteroatoms. The highest BCUT2D eigenvalue weighted by molar-refractivity contribution is 7.18. The molecule has 2 heterocycles. The molecule has 0 aliphatic carbocycles. The summed E-state index contributed by atoms with van der Waals surface area (Å²) in [4.78, 5) is 4.72. The first kappa shape index (κ1) is 12.9. The van der Waals surface area contributed by atoms with E-state index >= 15 is 0 Å². The Morgan fingerprint density at radius 3 is 3.21 bits per heavy atom. The lowest BCUT2D eigenvalue weighted by Gasteiger charge is -2.12. The molecule has 19 heavy (non-hydrogen) atoms. The Morgan fingerprint density at radius 1 is 1.47 bits per heavy atom. The predicted octanol–water partition coefficient (Wildman–Crippen LogP) is 3.38. The van der Waals surface area contributed by atoms with Gasteiger partial charge in [-0.1, -0.05) is 13.0 Å². The van der Waals surface area contributed by atoms with Gasteiger partial charge in [-0.15, -0.1) is 11.3 Å². The number of nitrogens with zero attached hydrogens (tertiary/aromatic N) is 1. The average Bonchev–Trinajstić information content (AvgIpc) is 3.05. The molecule has 0 saturated carbocycles. The molecule has 1 aliphatic rings. The average molecular weight is 276 g/mol. The number of aromatic nitrogens is 1. The number of aryl methyl sites for hydroxylation is 1. The normalized spacial score (nSPS) is 19.1. The van der Waals surface area contributed by atoms with Crippen molar-refractivity contribution in [3.05, 3.63) is 23.2 Å². The van der Waals surface area contributed by atoms with E-state index in [0.717, 1.165) is 37.3 Å². The molecule has 2 aromatic rings. The summed E-state index contributed by atoms with van der Waals surface area (Å²) in [6.07, 6.45) is 4.68. The van der Waals surface area contributed by atoms with Crippen LogP contribution in [0.25, 0.3) is 10.2 Å². The third-order valence-corrected chi connectivity index (χ3v) is 4.57. The number of hydrogen-bond acceptors (Lipinski definition) is 4. The summed E-state index contributed by atoms with van der Waals surface area (Å²) >= 11 is 1.79. The first-order valence-electron chi connectivity index (χ1n) is 7.11. The molecule has 1 fully saturated rings. The van der Waals surface area contributed by atoms with Crippen LogP contribution in [0.5, 0.6) is 5.75 Å². The molecule has 3 nitrogen and oxygen atoms in total. The molecular formula is C15H20N2OS. The number of para-hydroxylation sites is 1. The third-order valence-electron chi connectivity index (χ3n) is 3.49. The second-order valence-electron chi connectivity index (χ2n) is 5.06. The van der Waals surface area contributed by atoms with Crippen LogP contribution >= 0.6 is 11.3 Å². The Morgan fingerprint density at radius 2 is 2.42 bits per heavy atom. The molecule has 1 aromatic heterocycles. The van der Waals surface area contributed by atoms with Gasteiger partial charge in [-0.05, 0) is 44.4 Å².